The van der Waals surface area contributed by atoms with Crippen LogP contribution in [-0.4, -0.2) is 11.6 Å². The lowest BCUT2D eigenvalue weighted by atomic mass is 9.88. The van der Waals surface area contributed by atoms with Gasteiger partial charge in [0, 0.05) is 33.6 Å². The van der Waals surface area contributed by atoms with Gasteiger partial charge in [-0.2, -0.15) is 0 Å². The molecule has 6 aromatic carbocycles. The first kappa shape index (κ1) is 26.5. The van der Waals surface area contributed by atoms with Crippen LogP contribution in [0.15, 0.2) is 146 Å². The van der Waals surface area contributed by atoms with Crippen molar-refractivity contribution in [2.75, 3.05) is 11.5 Å². The number of hydrogen-bond acceptors (Lipinski definition) is 4. The number of anilines is 2. The lowest BCUT2D eigenvalue weighted by Crippen LogP contribution is -2.09. The Labute approximate surface area is 244 Å². The summed E-state index contributed by atoms with van der Waals surface area (Å²) >= 11 is 0. The molecule has 6 rings (SSSR count). The summed E-state index contributed by atoms with van der Waals surface area (Å²) in [6.07, 6.45) is 0. The SMILES string of the molecule is Nc1ccc(-c2ccc(N)cc2C(=O)c2ccc(-c3ccccc3)cc2)c(C(=O)c2ccc(-c3ccccc3)cc2)c1. The van der Waals surface area contributed by atoms with Gasteiger partial charge in [-0.25, -0.2) is 0 Å². The maximum absolute atomic E-state index is 13.9. The molecule has 42 heavy (non-hydrogen) atoms. The number of carbonyl (C=O) groups excluding carboxylic acids is 2. The van der Waals surface area contributed by atoms with Crippen molar-refractivity contribution in [1.82, 2.24) is 0 Å². The molecule has 0 saturated carbocycles. The van der Waals surface area contributed by atoms with Gasteiger partial charge in [0.1, 0.15) is 0 Å². The van der Waals surface area contributed by atoms with E-state index in [1.54, 1.807) is 36.4 Å². The van der Waals surface area contributed by atoms with E-state index in [2.05, 4.69) is 0 Å². The maximum Gasteiger partial charge on any atom is 0.193 e. The monoisotopic (exact) mass is 544 g/mol. The third-order valence-corrected chi connectivity index (χ3v) is 7.38. The van der Waals surface area contributed by atoms with Crippen LogP contribution in [0.1, 0.15) is 31.8 Å². The average molecular weight is 545 g/mol. The van der Waals surface area contributed by atoms with E-state index in [4.69, 9.17) is 11.5 Å². The summed E-state index contributed by atoms with van der Waals surface area (Å²) in [6, 6.07) is 45.4. The summed E-state index contributed by atoms with van der Waals surface area (Å²) in [7, 11) is 0. The minimum Gasteiger partial charge on any atom is -0.399 e. The minimum absolute atomic E-state index is 0.181. The van der Waals surface area contributed by atoms with E-state index in [0.29, 0.717) is 44.8 Å². The van der Waals surface area contributed by atoms with Gasteiger partial charge in [0.05, 0.1) is 0 Å². The normalized spacial score (nSPS) is 10.8. The quantitative estimate of drug-likeness (QED) is 0.156. The lowest BCUT2D eigenvalue weighted by Gasteiger charge is -2.15. The Morgan fingerprint density at radius 1 is 0.381 bits per heavy atom. The molecule has 4 heteroatoms. The molecule has 0 heterocycles. The zero-order valence-electron chi connectivity index (χ0n) is 22.8. The highest BCUT2D eigenvalue weighted by Gasteiger charge is 2.21. The van der Waals surface area contributed by atoms with Gasteiger partial charge in [-0.3, -0.25) is 9.59 Å². The number of hydrogen-bond donors (Lipinski definition) is 2. The molecule has 0 unspecified atom stereocenters. The van der Waals surface area contributed by atoms with Gasteiger partial charge in [0.15, 0.2) is 11.6 Å². The van der Waals surface area contributed by atoms with Gasteiger partial charge in [-0.15, -0.1) is 0 Å². The molecule has 0 aliphatic rings. The molecule has 4 nitrogen and oxygen atoms in total. The van der Waals surface area contributed by atoms with Crippen LogP contribution in [0.25, 0.3) is 33.4 Å². The number of rotatable bonds is 7. The Bertz CT molecular complexity index is 1750. The van der Waals surface area contributed by atoms with Crippen molar-refractivity contribution in [2.24, 2.45) is 0 Å². The molecule has 0 aliphatic heterocycles. The molecule has 4 N–H and O–H groups in total. The highest BCUT2D eigenvalue weighted by Crippen LogP contribution is 2.33. The molecule has 0 aliphatic carbocycles. The van der Waals surface area contributed by atoms with Crippen molar-refractivity contribution in [1.29, 1.82) is 0 Å². The number of ketones is 2. The van der Waals surface area contributed by atoms with E-state index in [-0.39, 0.29) is 11.6 Å². The molecule has 202 valence electrons. The Morgan fingerprint density at radius 2 is 0.714 bits per heavy atom. The summed E-state index contributed by atoms with van der Waals surface area (Å²) in [5, 5.41) is 0. The van der Waals surface area contributed by atoms with Crippen molar-refractivity contribution >= 4 is 22.9 Å². The van der Waals surface area contributed by atoms with Crippen LogP contribution >= 0.6 is 0 Å². The van der Waals surface area contributed by atoms with Gasteiger partial charge in [0.25, 0.3) is 0 Å². The summed E-state index contributed by atoms with van der Waals surface area (Å²) in [5.41, 5.74) is 20.5. The summed E-state index contributed by atoms with van der Waals surface area (Å²) < 4.78 is 0. The maximum atomic E-state index is 13.9. The van der Waals surface area contributed by atoms with Gasteiger partial charge in [-0.1, -0.05) is 121 Å². The van der Waals surface area contributed by atoms with Gasteiger partial charge < -0.3 is 11.5 Å². The smallest absolute Gasteiger partial charge is 0.193 e. The van der Waals surface area contributed by atoms with E-state index >= 15 is 0 Å². The topological polar surface area (TPSA) is 86.2 Å². The van der Waals surface area contributed by atoms with E-state index < -0.39 is 0 Å². The van der Waals surface area contributed by atoms with Crippen molar-refractivity contribution in [2.45, 2.75) is 0 Å². The Morgan fingerprint density at radius 3 is 1.07 bits per heavy atom. The van der Waals surface area contributed by atoms with Crippen molar-refractivity contribution in [3.8, 4) is 33.4 Å². The van der Waals surface area contributed by atoms with Crippen molar-refractivity contribution < 1.29 is 9.59 Å². The van der Waals surface area contributed by atoms with Crippen LogP contribution in [0.5, 0.6) is 0 Å². The van der Waals surface area contributed by atoms with E-state index in [1.807, 2.05) is 109 Å². The minimum atomic E-state index is -0.181. The summed E-state index contributed by atoms with van der Waals surface area (Å²) in [4.78, 5) is 27.7. The van der Waals surface area contributed by atoms with Crippen molar-refractivity contribution in [3.05, 3.63) is 168 Å². The third-order valence-electron chi connectivity index (χ3n) is 7.38. The Balaban J connectivity index is 1.37. The zero-order chi connectivity index (χ0) is 29.1. The predicted molar refractivity (Wildman–Crippen MR) is 171 cm³/mol. The van der Waals surface area contributed by atoms with Crippen LogP contribution in [0.3, 0.4) is 0 Å². The number of carbonyl (C=O) groups is 2. The molecule has 0 fully saturated rings. The highest BCUT2D eigenvalue weighted by atomic mass is 16.1. The molecule has 0 atom stereocenters. The molecular formula is C38H28N2O2. The first-order valence-corrected chi connectivity index (χ1v) is 13.7. The second kappa shape index (κ2) is 11.4. The van der Waals surface area contributed by atoms with E-state index in [1.165, 1.54) is 0 Å². The van der Waals surface area contributed by atoms with Gasteiger partial charge in [-0.05, 0) is 57.6 Å². The lowest BCUT2D eigenvalue weighted by molar-refractivity contribution is 0.103. The zero-order valence-corrected chi connectivity index (χ0v) is 22.8. The van der Waals surface area contributed by atoms with E-state index in [9.17, 15) is 9.59 Å². The first-order chi connectivity index (χ1) is 20.5. The van der Waals surface area contributed by atoms with Crippen LogP contribution < -0.4 is 11.5 Å². The third kappa shape index (κ3) is 5.34. The van der Waals surface area contributed by atoms with Gasteiger partial charge >= 0.3 is 0 Å². The second-order valence-corrected chi connectivity index (χ2v) is 10.2. The molecular weight excluding hydrogens is 516 g/mol. The summed E-state index contributed by atoms with van der Waals surface area (Å²) in [6.45, 7) is 0. The van der Waals surface area contributed by atoms with Crippen molar-refractivity contribution in [3.63, 3.8) is 0 Å². The largest absolute Gasteiger partial charge is 0.399 e. The van der Waals surface area contributed by atoms with Crippen LogP contribution in [0.4, 0.5) is 11.4 Å². The predicted octanol–water partition coefficient (Wildman–Crippen LogP) is 8.31. The molecule has 0 radical (unpaired) electrons. The number of benzene rings is 6. The fourth-order valence-electron chi connectivity index (χ4n) is 5.17. The first-order valence-electron chi connectivity index (χ1n) is 13.7. The van der Waals surface area contributed by atoms with Crippen LogP contribution in [0, 0.1) is 0 Å². The number of nitrogens with two attached hydrogens (primary N) is 2. The van der Waals surface area contributed by atoms with Crippen LogP contribution in [0.2, 0.25) is 0 Å². The van der Waals surface area contributed by atoms with E-state index in [0.717, 1.165) is 22.3 Å². The highest BCUT2D eigenvalue weighted by molar-refractivity contribution is 6.17. The average Bonchev–Trinajstić information content (AvgIpc) is 3.05. The fraction of sp³-hybridized carbons (Fsp3) is 0. The molecule has 0 amide bonds. The molecule has 0 aromatic heterocycles. The molecule has 0 spiro atoms. The molecule has 6 aromatic rings. The standard InChI is InChI=1S/C38H28N2O2/c39-31-19-21-33(35(23-31)37(41)29-15-11-27(12-16-29)25-7-3-1-4-8-25)34-22-20-32(40)24-36(34)38(42)30-17-13-28(14-18-30)26-9-5-2-6-10-26/h1-24H,39-40H2. The Kier molecular flexibility index (Phi) is 7.19. The fourth-order valence-corrected chi connectivity index (χ4v) is 5.17. The number of nitrogen functional groups attached to an aromatic ring is 2. The van der Waals surface area contributed by atoms with Gasteiger partial charge in [0.2, 0.25) is 0 Å². The summed E-state index contributed by atoms with van der Waals surface area (Å²) in [5.74, 6) is -0.362. The second-order valence-electron chi connectivity index (χ2n) is 10.2. The van der Waals surface area contributed by atoms with Crippen LogP contribution in [-0.2, 0) is 0 Å². The molecule has 0 saturated heterocycles. The molecule has 0 bridgehead atoms. The Hall–Kier alpha value is -5.74.